The van der Waals surface area contributed by atoms with Gasteiger partial charge in [0.15, 0.2) is 0 Å². The van der Waals surface area contributed by atoms with Crippen LogP contribution in [0.2, 0.25) is 0 Å². The van der Waals surface area contributed by atoms with Crippen LogP contribution in [0.5, 0.6) is 0 Å². The van der Waals surface area contributed by atoms with Gasteiger partial charge in [-0.3, -0.25) is 24.2 Å². The Bertz CT molecular complexity index is 1090. The molecule has 0 aliphatic rings. The Labute approximate surface area is 242 Å². The fourth-order valence-corrected chi connectivity index (χ4v) is 3.57. The van der Waals surface area contributed by atoms with Crippen LogP contribution >= 0.6 is 0 Å². The van der Waals surface area contributed by atoms with Crippen LogP contribution in [0, 0.1) is 0 Å². The predicted octanol–water partition coefficient (Wildman–Crippen LogP) is 4.35. The molecule has 0 fully saturated rings. The standard InChI is InChI=1S/C31H42N2O8/c1-30(2,3)40-27(35)19-32(20-28(36)41-31(4,5)6)17-18-33(29(37)39-23-25-15-11-8-12-16-25)21-26(34)38-22-24-13-9-7-10-14-24/h7-16H,17-23H2,1-6H3. The third kappa shape index (κ3) is 14.9. The van der Waals surface area contributed by atoms with Crippen molar-refractivity contribution >= 4 is 24.0 Å². The van der Waals surface area contributed by atoms with Gasteiger partial charge in [-0.2, -0.15) is 0 Å². The maximum absolute atomic E-state index is 13.1. The zero-order valence-electron chi connectivity index (χ0n) is 24.9. The number of amides is 1. The molecule has 0 aliphatic carbocycles. The Kier molecular flexibility index (Phi) is 12.8. The molecule has 0 heterocycles. The molecule has 0 unspecified atom stereocenters. The molecule has 0 saturated carbocycles. The van der Waals surface area contributed by atoms with Crippen LogP contribution < -0.4 is 0 Å². The number of hydrogen-bond acceptors (Lipinski definition) is 9. The Hall–Kier alpha value is -3.92. The Morgan fingerprint density at radius 3 is 1.46 bits per heavy atom. The summed E-state index contributed by atoms with van der Waals surface area (Å²) in [7, 11) is 0. The van der Waals surface area contributed by atoms with Gasteiger partial charge in [0.1, 0.15) is 31.0 Å². The summed E-state index contributed by atoms with van der Waals surface area (Å²) < 4.78 is 21.7. The molecule has 10 nitrogen and oxygen atoms in total. The van der Waals surface area contributed by atoms with Crippen LogP contribution in [-0.2, 0) is 46.5 Å². The van der Waals surface area contributed by atoms with Crippen LogP contribution in [0.15, 0.2) is 60.7 Å². The fraction of sp³-hybridized carbons (Fsp3) is 0.484. The molecule has 1 amide bonds. The van der Waals surface area contributed by atoms with Crippen molar-refractivity contribution in [2.75, 3.05) is 32.7 Å². The largest absolute Gasteiger partial charge is 0.459 e. The molecule has 10 heteroatoms. The molecule has 0 aliphatic heterocycles. The first-order valence-electron chi connectivity index (χ1n) is 13.5. The van der Waals surface area contributed by atoms with Crippen LogP contribution in [-0.4, -0.2) is 77.7 Å². The molecule has 0 saturated heterocycles. The van der Waals surface area contributed by atoms with Gasteiger partial charge in [-0.25, -0.2) is 4.79 Å². The average Bonchev–Trinajstić information content (AvgIpc) is 2.87. The summed E-state index contributed by atoms with van der Waals surface area (Å²) in [5, 5.41) is 0. The lowest BCUT2D eigenvalue weighted by Crippen LogP contribution is -2.46. The van der Waals surface area contributed by atoms with E-state index in [2.05, 4.69) is 0 Å². The SMILES string of the molecule is CC(C)(C)OC(=O)CN(CCN(CC(=O)OCc1ccccc1)C(=O)OCc1ccccc1)CC(=O)OC(C)(C)C. The van der Waals surface area contributed by atoms with E-state index in [-0.39, 0.29) is 45.9 Å². The zero-order chi connectivity index (χ0) is 30.5. The lowest BCUT2D eigenvalue weighted by Gasteiger charge is -2.28. The zero-order valence-corrected chi connectivity index (χ0v) is 24.9. The molecule has 0 radical (unpaired) electrons. The van der Waals surface area contributed by atoms with Crippen molar-refractivity contribution in [2.45, 2.75) is 66.0 Å². The first-order valence-corrected chi connectivity index (χ1v) is 13.5. The summed E-state index contributed by atoms with van der Waals surface area (Å²) in [6.45, 7) is 9.74. The van der Waals surface area contributed by atoms with Crippen LogP contribution in [0.4, 0.5) is 4.79 Å². The third-order valence-electron chi connectivity index (χ3n) is 5.26. The summed E-state index contributed by atoms with van der Waals surface area (Å²) in [4.78, 5) is 53.6. The van der Waals surface area contributed by atoms with Crippen molar-refractivity contribution in [3.63, 3.8) is 0 Å². The smallest absolute Gasteiger partial charge is 0.410 e. The lowest BCUT2D eigenvalue weighted by molar-refractivity contribution is -0.160. The average molecular weight is 571 g/mol. The van der Waals surface area contributed by atoms with E-state index in [1.54, 1.807) is 41.5 Å². The summed E-state index contributed by atoms with van der Waals surface area (Å²) in [5.74, 6) is -1.71. The van der Waals surface area contributed by atoms with E-state index in [1.165, 1.54) is 9.80 Å². The summed E-state index contributed by atoms with van der Waals surface area (Å²) in [5.41, 5.74) is 0.151. The molecule has 0 N–H and O–H groups in total. The van der Waals surface area contributed by atoms with Gasteiger partial charge in [-0.05, 0) is 52.7 Å². The topological polar surface area (TPSA) is 112 Å². The Balaban J connectivity index is 2.12. The minimum absolute atomic E-state index is 0.00870. The highest BCUT2D eigenvalue weighted by molar-refractivity contribution is 5.78. The molecular formula is C31H42N2O8. The molecular weight excluding hydrogens is 528 g/mol. The van der Waals surface area contributed by atoms with E-state index in [0.717, 1.165) is 11.1 Å². The number of nitrogens with zero attached hydrogens (tertiary/aromatic N) is 2. The normalized spacial score (nSPS) is 11.5. The monoisotopic (exact) mass is 570 g/mol. The molecule has 0 spiro atoms. The first kappa shape index (κ1) is 33.3. The maximum atomic E-state index is 13.1. The third-order valence-corrected chi connectivity index (χ3v) is 5.26. The van der Waals surface area contributed by atoms with Crippen LogP contribution in [0.25, 0.3) is 0 Å². The van der Waals surface area contributed by atoms with E-state index >= 15 is 0 Å². The van der Waals surface area contributed by atoms with Gasteiger partial charge in [-0.15, -0.1) is 0 Å². The van der Waals surface area contributed by atoms with Crippen LogP contribution in [0.1, 0.15) is 52.7 Å². The van der Waals surface area contributed by atoms with Crippen molar-refractivity contribution in [2.24, 2.45) is 0 Å². The highest BCUT2D eigenvalue weighted by Gasteiger charge is 2.26. The quantitative estimate of drug-likeness (QED) is 0.256. The van der Waals surface area contributed by atoms with Gasteiger partial charge < -0.3 is 18.9 Å². The highest BCUT2D eigenvalue weighted by atomic mass is 16.6. The number of hydrogen-bond donors (Lipinski definition) is 0. The van der Waals surface area contributed by atoms with Crippen molar-refractivity contribution < 1.29 is 38.1 Å². The Morgan fingerprint density at radius 1 is 0.585 bits per heavy atom. The van der Waals surface area contributed by atoms with Crippen LogP contribution in [0.3, 0.4) is 0 Å². The molecule has 224 valence electrons. The second kappa shape index (κ2) is 15.8. The number of esters is 3. The van der Waals surface area contributed by atoms with E-state index < -0.39 is 35.2 Å². The first-order chi connectivity index (χ1) is 19.2. The lowest BCUT2D eigenvalue weighted by atomic mass is 10.2. The van der Waals surface area contributed by atoms with Gasteiger partial charge in [0, 0.05) is 13.1 Å². The van der Waals surface area contributed by atoms with Gasteiger partial charge in [0.05, 0.1) is 13.1 Å². The molecule has 2 aromatic rings. The maximum Gasteiger partial charge on any atom is 0.410 e. The molecule has 0 atom stereocenters. The van der Waals surface area contributed by atoms with Crippen molar-refractivity contribution in [1.82, 2.24) is 9.80 Å². The minimum atomic E-state index is -0.736. The number of carbonyl (C=O) groups is 4. The second-order valence-corrected chi connectivity index (χ2v) is 11.5. The highest BCUT2D eigenvalue weighted by Crippen LogP contribution is 2.11. The number of benzene rings is 2. The molecule has 0 aromatic heterocycles. The minimum Gasteiger partial charge on any atom is -0.459 e. The van der Waals surface area contributed by atoms with Gasteiger partial charge in [-0.1, -0.05) is 60.7 Å². The number of ether oxygens (including phenoxy) is 4. The number of rotatable bonds is 13. The molecule has 2 aromatic carbocycles. The van der Waals surface area contributed by atoms with Crippen molar-refractivity contribution in [3.05, 3.63) is 71.8 Å². The molecule has 41 heavy (non-hydrogen) atoms. The van der Waals surface area contributed by atoms with Crippen molar-refractivity contribution in [1.29, 1.82) is 0 Å². The van der Waals surface area contributed by atoms with Crippen molar-refractivity contribution in [3.8, 4) is 0 Å². The number of carbonyl (C=O) groups excluding carboxylic acids is 4. The van der Waals surface area contributed by atoms with E-state index in [4.69, 9.17) is 18.9 Å². The van der Waals surface area contributed by atoms with E-state index in [9.17, 15) is 19.2 Å². The van der Waals surface area contributed by atoms with Gasteiger partial charge in [0.2, 0.25) is 0 Å². The molecule has 2 rings (SSSR count). The fourth-order valence-electron chi connectivity index (χ4n) is 3.57. The molecule has 0 bridgehead atoms. The predicted molar refractivity (Wildman–Crippen MR) is 153 cm³/mol. The van der Waals surface area contributed by atoms with Gasteiger partial charge in [0.25, 0.3) is 0 Å². The summed E-state index contributed by atoms with van der Waals surface area (Å²) >= 11 is 0. The Morgan fingerprint density at radius 2 is 1.02 bits per heavy atom. The van der Waals surface area contributed by atoms with E-state index in [0.29, 0.717) is 0 Å². The second-order valence-electron chi connectivity index (χ2n) is 11.5. The summed E-state index contributed by atoms with van der Waals surface area (Å²) in [6.07, 6.45) is -0.736. The van der Waals surface area contributed by atoms with Gasteiger partial charge >= 0.3 is 24.0 Å². The summed E-state index contributed by atoms with van der Waals surface area (Å²) in [6, 6.07) is 18.3. The van der Waals surface area contributed by atoms with E-state index in [1.807, 2.05) is 60.7 Å².